The van der Waals surface area contributed by atoms with Crippen LogP contribution in [-0.2, 0) is 21.4 Å². The molecule has 0 spiro atoms. The van der Waals surface area contributed by atoms with Crippen molar-refractivity contribution in [3.63, 3.8) is 0 Å². The highest BCUT2D eigenvalue weighted by molar-refractivity contribution is 6.04. The number of hydrogen-bond donors (Lipinski definition) is 1. The van der Waals surface area contributed by atoms with Crippen LogP contribution in [0.4, 0.5) is 0 Å². The van der Waals surface area contributed by atoms with E-state index < -0.39 is 10.8 Å². The van der Waals surface area contributed by atoms with Gasteiger partial charge in [-0.25, -0.2) is 0 Å². The summed E-state index contributed by atoms with van der Waals surface area (Å²) in [5.74, 6) is 1.48. The first-order chi connectivity index (χ1) is 18.7. The van der Waals surface area contributed by atoms with Gasteiger partial charge in [-0.05, 0) is 79.6 Å². The van der Waals surface area contributed by atoms with Gasteiger partial charge in [-0.3, -0.25) is 9.59 Å². The van der Waals surface area contributed by atoms with Crippen LogP contribution in [-0.4, -0.2) is 33.4 Å². The summed E-state index contributed by atoms with van der Waals surface area (Å²) in [6, 6.07) is 2.18. The molecule has 7 heteroatoms. The van der Waals surface area contributed by atoms with Gasteiger partial charge in [0, 0.05) is 23.2 Å². The quantitative estimate of drug-likeness (QED) is 0.519. The van der Waals surface area contributed by atoms with Gasteiger partial charge >= 0.3 is 0 Å². The Morgan fingerprint density at radius 3 is 2.50 bits per heavy atom. The van der Waals surface area contributed by atoms with Gasteiger partial charge in [-0.1, -0.05) is 58.3 Å². The summed E-state index contributed by atoms with van der Waals surface area (Å²) >= 11 is 0. The summed E-state index contributed by atoms with van der Waals surface area (Å²) in [5.41, 5.74) is -0.225. The zero-order chi connectivity index (χ0) is 28.9. The fourth-order valence-corrected chi connectivity index (χ4v) is 10.3. The first kappa shape index (κ1) is 27.6. The maximum atomic E-state index is 14.4. The third-order valence-electron chi connectivity index (χ3n) is 12.3. The second-order valence-electron chi connectivity index (χ2n) is 15.3. The van der Waals surface area contributed by atoms with Crippen LogP contribution in [0.15, 0.2) is 27.8 Å². The van der Waals surface area contributed by atoms with Gasteiger partial charge in [0.1, 0.15) is 6.07 Å². The lowest BCUT2D eigenvalue weighted by Crippen LogP contribution is -2.61. The molecule has 1 aromatic heterocycles. The minimum absolute atomic E-state index is 0.0261. The van der Waals surface area contributed by atoms with Crippen LogP contribution in [0, 0.1) is 56.7 Å². The highest BCUT2D eigenvalue weighted by Crippen LogP contribution is 2.70. The Labute approximate surface area is 237 Å². The van der Waals surface area contributed by atoms with Gasteiger partial charge in [0.05, 0.1) is 17.6 Å². The van der Waals surface area contributed by atoms with Crippen molar-refractivity contribution >= 4 is 11.6 Å². The predicted octanol–water partition coefficient (Wildman–Crippen LogP) is 5.69. The van der Waals surface area contributed by atoms with Crippen LogP contribution in [0.5, 0.6) is 0 Å². The van der Waals surface area contributed by atoms with E-state index >= 15 is 0 Å². The van der Waals surface area contributed by atoms with Gasteiger partial charge in [0.2, 0.25) is 5.89 Å². The standard InChI is InChI=1S/C33H43N3O4/c1-29(2)12-13-33(28-35-25(9-14-37)36-40-28)11-7-20-26(21(33)17-29)22(38)15-24-31(20,5)10-8-23-30(3,4)27(39)19(18-34)16-32(23,24)6/h15-16,20-21,23,26,37H,7-14,17H2,1-6H3. The zero-order valence-corrected chi connectivity index (χ0v) is 24.8. The average molecular weight is 546 g/mol. The third-order valence-corrected chi connectivity index (χ3v) is 12.3. The van der Waals surface area contributed by atoms with Crippen molar-refractivity contribution in [2.75, 3.05) is 6.61 Å². The summed E-state index contributed by atoms with van der Waals surface area (Å²) < 4.78 is 5.91. The first-order valence-electron chi connectivity index (χ1n) is 15.1. The first-order valence-corrected chi connectivity index (χ1v) is 15.1. The molecule has 1 aromatic rings. The van der Waals surface area contributed by atoms with E-state index in [0.29, 0.717) is 18.1 Å². The number of hydrogen-bond acceptors (Lipinski definition) is 7. The molecule has 0 radical (unpaired) electrons. The van der Waals surface area contributed by atoms with Crippen LogP contribution in [0.3, 0.4) is 0 Å². The largest absolute Gasteiger partial charge is 0.396 e. The normalized spacial score (nSPS) is 41.5. The van der Waals surface area contributed by atoms with E-state index in [2.05, 4.69) is 38.9 Å². The molecule has 6 rings (SSSR count). The fourth-order valence-electron chi connectivity index (χ4n) is 10.3. The highest BCUT2D eigenvalue weighted by Gasteiger charge is 2.66. The van der Waals surface area contributed by atoms with Crippen LogP contribution in [0.1, 0.15) is 98.2 Å². The predicted molar refractivity (Wildman–Crippen MR) is 149 cm³/mol. The molecule has 0 bridgehead atoms. The number of ketones is 2. The van der Waals surface area contributed by atoms with E-state index in [1.807, 2.05) is 26.0 Å². The van der Waals surface area contributed by atoms with E-state index in [9.17, 15) is 20.0 Å². The number of carbonyl (C=O) groups is 2. The maximum absolute atomic E-state index is 14.4. The number of aliphatic hydroxyl groups excluding tert-OH is 1. The summed E-state index contributed by atoms with van der Waals surface area (Å²) in [5, 5.41) is 23.5. The van der Waals surface area contributed by atoms with E-state index in [1.54, 1.807) is 0 Å². The lowest BCUT2D eigenvalue weighted by Gasteiger charge is -2.64. The lowest BCUT2D eigenvalue weighted by atomic mass is 9.38. The highest BCUT2D eigenvalue weighted by atomic mass is 16.5. The van der Waals surface area contributed by atoms with Crippen LogP contribution in [0.25, 0.3) is 0 Å². The van der Waals surface area contributed by atoms with Gasteiger partial charge in [-0.15, -0.1) is 0 Å². The van der Waals surface area contributed by atoms with Crippen LogP contribution < -0.4 is 0 Å². The molecule has 40 heavy (non-hydrogen) atoms. The molecule has 7 unspecified atom stereocenters. The Morgan fingerprint density at radius 1 is 1.05 bits per heavy atom. The maximum Gasteiger partial charge on any atom is 0.233 e. The number of aromatic nitrogens is 2. The molecule has 7 atom stereocenters. The second kappa shape index (κ2) is 8.71. The topological polar surface area (TPSA) is 117 Å². The van der Waals surface area contributed by atoms with Crippen molar-refractivity contribution in [2.45, 2.75) is 98.3 Å². The number of rotatable bonds is 3. The second-order valence-corrected chi connectivity index (χ2v) is 15.3. The molecule has 5 aliphatic rings. The van der Waals surface area contributed by atoms with Gasteiger partial charge in [0.15, 0.2) is 17.4 Å². The number of carbonyl (C=O) groups excluding carboxylic acids is 2. The molecule has 3 fully saturated rings. The van der Waals surface area contributed by atoms with E-state index in [0.717, 1.165) is 50.5 Å². The summed E-state index contributed by atoms with van der Waals surface area (Å²) in [6.45, 7) is 13.1. The van der Waals surface area contributed by atoms with E-state index in [-0.39, 0.29) is 63.7 Å². The monoisotopic (exact) mass is 545 g/mol. The van der Waals surface area contributed by atoms with Crippen molar-refractivity contribution in [3.05, 3.63) is 35.0 Å². The Bertz CT molecular complexity index is 1380. The molecular weight excluding hydrogens is 502 g/mol. The number of fused-ring (bicyclic) bond motifs is 7. The van der Waals surface area contributed by atoms with E-state index in [4.69, 9.17) is 9.51 Å². The van der Waals surface area contributed by atoms with Crippen molar-refractivity contribution in [3.8, 4) is 6.07 Å². The van der Waals surface area contributed by atoms with Crippen molar-refractivity contribution < 1.29 is 19.2 Å². The van der Waals surface area contributed by atoms with E-state index in [1.165, 1.54) is 0 Å². The zero-order valence-electron chi connectivity index (χ0n) is 24.8. The molecule has 0 amide bonds. The summed E-state index contributed by atoms with van der Waals surface area (Å²) in [6.07, 6.45) is 10.7. The lowest BCUT2D eigenvalue weighted by molar-refractivity contribution is -0.142. The van der Waals surface area contributed by atoms with Gasteiger partial charge < -0.3 is 9.63 Å². The minimum atomic E-state index is -0.657. The van der Waals surface area contributed by atoms with Gasteiger partial charge in [0.25, 0.3) is 0 Å². The SMILES string of the molecule is CC1(C)CCC2(c3nc(CCO)no3)CCC3C(C(=O)C=C4C5(C)C=C(C#N)C(=O)C(C)(C)C5CCC43C)C2C1. The molecule has 3 saturated carbocycles. The Hall–Kier alpha value is -2.59. The number of aliphatic hydroxyl groups is 1. The Morgan fingerprint density at radius 2 is 1.80 bits per heavy atom. The molecule has 5 aliphatic carbocycles. The summed E-state index contributed by atoms with van der Waals surface area (Å²) in [4.78, 5) is 32.4. The molecular formula is C33H43N3O4. The van der Waals surface area contributed by atoms with Crippen LogP contribution in [0.2, 0.25) is 0 Å². The van der Waals surface area contributed by atoms with Crippen LogP contribution >= 0.6 is 0 Å². The summed E-state index contributed by atoms with van der Waals surface area (Å²) in [7, 11) is 0. The number of allylic oxidation sites excluding steroid dienone is 4. The molecule has 7 nitrogen and oxygen atoms in total. The third kappa shape index (κ3) is 3.57. The number of Topliss-reactive ketones (excluding diaryl/α,β-unsaturated/α-hetero) is 1. The van der Waals surface area contributed by atoms with Crippen molar-refractivity contribution in [1.82, 2.24) is 10.1 Å². The van der Waals surface area contributed by atoms with Crippen molar-refractivity contribution in [2.24, 2.45) is 45.3 Å². The Kier molecular flexibility index (Phi) is 6.00. The molecule has 0 aliphatic heterocycles. The minimum Gasteiger partial charge on any atom is -0.396 e. The smallest absolute Gasteiger partial charge is 0.233 e. The Balaban J connectivity index is 1.48. The number of nitrogens with zero attached hydrogens (tertiary/aromatic N) is 3. The fraction of sp³-hybridized carbons (Fsp3) is 0.727. The molecule has 1 N–H and O–H groups in total. The molecule has 0 saturated heterocycles. The molecule has 0 aromatic carbocycles. The molecule has 214 valence electrons. The van der Waals surface area contributed by atoms with Crippen molar-refractivity contribution in [1.29, 1.82) is 5.26 Å². The molecule has 1 heterocycles. The average Bonchev–Trinajstić information content (AvgIpc) is 3.36. The van der Waals surface area contributed by atoms with Gasteiger partial charge in [-0.2, -0.15) is 10.2 Å². The number of nitriles is 1.